The molecule has 0 aromatic heterocycles. The van der Waals surface area contributed by atoms with Crippen LogP contribution < -0.4 is 9.47 Å². The standard InChI is InChI=1S/C17H20ClNO3/c1-12-3-2-6-19(11-12)16(20)5-4-13-9-14(18)17-15(10-13)21-7-8-22-17/h4-5,9-10,12H,2-3,6-8,11H2,1H3/b5-4+. The van der Waals surface area contributed by atoms with Crippen LogP contribution in [-0.4, -0.2) is 37.1 Å². The first-order chi connectivity index (χ1) is 10.6. The molecule has 3 rings (SSSR count). The number of rotatable bonds is 2. The van der Waals surface area contributed by atoms with Gasteiger partial charge in [-0.15, -0.1) is 0 Å². The molecule has 0 spiro atoms. The van der Waals surface area contributed by atoms with Crippen molar-refractivity contribution in [2.45, 2.75) is 19.8 Å². The van der Waals surface area contributed by atoms with Crippen LogP contribution in [-0.2, 0) is 4.79 Å². The molecule has 0 radical (unpaired) electrons. The number of hydrogen-bond acceptors (Lipinski definition) is 3. The van der Waals surface area contributed by atoms with E-state index in [9.17, 15) is 4.79 Å². The van der Waals surface area contributed by atoms with Crippen molar-refractivity contribution in [3.05, 3.63) is 28.8 Å². The van der Waals surface area contributed by atoms with Crippen LogP contribution in [0.4, 0.5) is 0 Å². The number of halogens is 1. The second-order valence-corrected chi connectivity index (χ2v) is 6.30. The Hall–Kier alpha value is -1.68. The highest BCUT2D eigenvalue weighted by molar-refractivity contribution is 6.32. The van der Waals surface area contributed by atoms with Gasteiger partial charge in [-0.05, 0) is 42.5 Å². The van der Waals surface area contributed by atoms with Crippen molar-refractivity contribution in [2.75, 3.05) is 26.3 Å². The smallest absolute Gasteiger partial charge is 0.246 e. The second-order valence-electron chi connectivity index (χ2n) is 5.89. The Morgan fingerprint density at radius 1 is 1.36 bits per heavy atom. The topological polar surface area (TPSA) is 38.8 Å². The summed E-state index contributed by atoms with van der Waals surface area (Å²) >= 11 is 6.20. The summed E-state index contributed by atoms with van der Waals surface area (Å²) in [5.74, 6) is 1.85. The molecule has 0 aliphatic carbocycles. The monoisotopic (exact) mass is 321 g/mol. The Morgan fingerprint density at radius 2 is 2.18 bits per heavy atom. The molecule has 2 heterocycles. The molecule has 22 heavy (non-hydrogen) atoms. The maximum atomic E-state index is 12.2. The fraction of sp³-hybridized carbons (Fsp3) is 0.471. The highest BCUT2D eigenvalue weighted by Gasteiger charge is 2.19. The Bertz CT molecular complexity index is 600. The highest BCUT2D eigenvalue weighted by Crippen LogP contribution is 2.38. The molecule has 1 fully saturated rings. The highest BCUT2D eigenvalue weighted by atomic mass is 35.5. The third kappa shape index (κ3) is 3.38. The molecular formula is C17H20ClNO3. The molecular weight excluding hydrogens is 302 g/mol. The SMILES string of the molecule is CC1CCCN(C(=O)/C=C/c2cc(Cl)c3c(c2)OCCO3)C1. The zero-order chi connectivity index (χ0) is 15.5. The Balaban J connectivity index is 1.72. The van der Waals surface area contributed by atoms with Gasteiger partial charge >= 0.3 is 0 Å². The zero-order valence-corrected chi connectivity index (χ0v) is 13.4. The van der Waals surface area contributed by atoms with E-state index >= 15 is 0 Å². The molecule has 0 saturated carbocycles. The van der Waals surface area contributed by atoms with Crippen molar-refractivity contribution in [2.24, 2.45) is 5.92 Å². The van der Waals surface area contributed by atoms with E-state index in [2.05, 4.69) is 6.92 Å². The third-order valence-electron chi connectivity index (χ3n) is 4.01. The minimum absolute atomic E-state index is 0.0533. The zero-order valence-electron chi connectivity index (χ0n) is 12.7. The van der Waals surface area contributed by atoms with Gasteiger partial charge in [0.05, 0.1) is 5.02 Å². The molecule has 1 aromatic carbocycles. The van der Waals surface area contributed by atoms with Gasteiger partial charge in [-0.2, -0.15) is 0 Å². The van der Waals surface area contributed by atoms with Gasteiger partial charge in [0.25, 0.3) is 0 Å². The average Bonchev–Trinajstić information content (AvgIpc) is 2.53. The van der Waals surface area contributed by atoms with Gasteiger partial charge in [0.15, 0.2) is 11.5 Å². The number of carbonyl (C=O) groups is 1. The van der Waals surface area contributed by atoms with Crippen LogP contribution in [0.25, 0.3) is 6.08 Å². The van der Waals surface area contributed by atoms with Crippen molar-refractivity contribution >= 4 is 23.6 Å². The summed E-state index contributed by atoms with van der Waals surface area (Å²) in [4.78, 5) is 14.1. The Kier molecular flexibility index (Phi) is 4.57. The molecule has 2 aliphatic heterocycles. The lowest BCUT2D eigenvalue weighted by molar-refractivity contribution is -0.127. The van der Waals surface area contributed by atoms with Gasteiger partial charge in [0.1, 0.15) is 13.2 Å². The summed E-state index contributed by atoms with van der Waals surface area (Å²) in [6.07, 6.45) is 5.67. The van der Waals surface area contributed by atoms with E-state index in [0.717, 1.165) is 25.1 Å². The molecule has 1 saturated heterocycles. The maximum Gasteiger partial charge on any atom is 0.246 e. The molecule has 118 valence electrons. The van der Waals surface area contributed by atoms with Gasteiger partial charge < -0.3 is 14.4 Å². The molecule has 0 bridgehead atoms. The van der Waals surface area contributed by atoms with Crippen LogP contribution in [0.2, 0.25) is 5.02 Å². The van der Waals surface area contributed by atoms with E-state index in [0.29, 0.717) is 35.7 Å². The van der Waals surface area contributed by atoms with Crippen molar-refractivity contribution in [3.8, 4) is 11.5 Å². The number of hydrogen-bond donors (Lipinski definition) is 0. The van der Waals surface area contributed by atoms with E-state index in [4.69, 9.17) is 21.1 Å². The largest absolute Gasteiger partial charge is 0.486 e. The van der Waals surface area contributed by atoms with E-state index in [1.807, 2.05) is 11.0 Å². The molecule has 1 aromatic rings. The number of benzene rings is 1. The number of ether oxygens (including phenoxy) is 2. The predicted molar refractivity (Wildman–Crippen MR) is 86.5 cm³/mol. The van der Waals surface area contributed by atoms with Crippen LogP contribution in [0.15, 0.2) is 18.2 Å². The summed E-state index contributed by atoms with van der Waals surface area (Å²) in [6.45, 7) is 4.89. The van der Waals surface area contributed by atoms with Crippen molar-refractivity contribution in [1.82, 2.24) is 4.90 Å². The van der Waals surface area contributed by atoms with Gasteiger partial charge in [0, 0.05) is 19.2 Å². The molecule has 4 nitrogen and oxygen atoms in total. The van der Waals surface area contributed by atoms with E-state index < -0.39 is 0 Å². The minimum atomic E-state index is 0.0533. The lowest BCUT2D eigenvalue weighted by Crippen LogP contribution is -2.38. The number of carbonyl (C=O) groups excluding carboxylic acids is 1. The van der Waals surface area contributed by atoms with Gasteiger partial charge in [0.2, 0.25) is 5.91 Å². The molecule has 2 aliphatic rings. The Labute approximate surface area is 135 Å². The summed E-state index contributed by atoms with van der Waals surface area (Å²) in [6, 6.07) is 3.64. The summed E-state index contributed by atoms with van der Waals surface area (Å²) in [7, 11) is 0. The quantitative estimate of drug-likeness (QED) is 0.784. The number of likely N-dealkylation sites (tertiary alicyclic amines) is 1. The first-order valence-electron chi connectivity index (χ1n) is 7.69. The normalized spacial score (nSPS) is 21.2. The van der Waals surface area contributed by atoms with Crippen LogP contribution in [0.5, 0.6) is 11.5 Å². The molecule has 5 heteroatoms. The van der Waals surface area contributed by atoms with Crippen LogP contribution in [0, 0.1) is 5.92 Å². The lowest BCUT2D eigenvalue weighted by Gasteiger charge is -2.30. The number of piperidine rings is 1. The third-order valence-corrected chi connectivity index (χ3v) is 4.29. The minimum Gasteiger partial charge on any atom is -0.486 e. The van der Waals surface area contributed by atoms with Gasteiger partial charge in [-0.25, -0.2) is 0 Å². The number of fused-ring (bicyclic) bond motifs is 1. The average molecular weight is 322 g/mol. The first kappa shape index (κ1) is 15.2. The lowest BCUT2D eigenvalue weighted by atomic mass is 10.0. The molecule has 1 unspecified atom stereocenters. The predicted octanol–water partition coefficient (Wildman–Crippen LogP) is 3.38. The molecule has 0 N–H and O–H groups in total. The van der Waals surface area contributed by atoms with Crippen LogP contribution >= 0.6 is 11.6 Å². The van der Waals surface area contributed by atoms with Gasteiger partial charge in [-0.3, -0.25) is 4.79 Å². The van der Waals surface area contributed by atoms with Crippen LogP contribution in [0.3, 0.4) is 0 Å². The number of nitrogens with zero attached hydrogens (tertiary/aromatic N) is 1. The summed E-state index contributed by atoms with van der Waals surface area (Å²) < 4.78 is 11.0. The van der Waals surface area contributed by atoms with E-state index in [-0.39, 0.29) is 5.91 Å². The van der Waals surface area contributed by atoms with Crippen molar-refractivity contribution in [3.63, 3.8) is 0 Å². The fourth-order valence-corrected chi connectivity index (χ4v) is 3.16. The fourth-order valence-electron chi connectivity index (χ4n) is 2.89. The molecule has 1 amide bonds. The summed E-state index contributed by atoms with van der Waals surface area (Å²) in [5.41, 5.74) is 0.840. The van der Waals surface area contributed by atoms with E-state index in [1.165, 1.54) is 6.42 Å². The first-order valence-corrected chi connectivity index (χ1v) is 8.07. The van der Waals surface area contributed by atoms with Crippen LogP contribution in [0.1, 0.15) is 25.3 Å². The molecule has 1 atom stereocenters. The maximum absolute atomic E-state index is 12.2. The van der Waals surface area contributed by atoms with Crippen molar-refractivity contribution < 1.29 is 14.3 Å². The summed E-state index contributed by atoms with van der Waals surface area (Å²) in [5, 5.41) is 0.510. The van der Waals surface area contributed by atoms with Gasteiger partial charge in [-0.1, -0.05) is 18.5 Å². The number of amides is 1. The van der Waals surface area contributed by atoms with E-state index in [1.54, 1.807) is 18.2 Å². The van der Waals surface area contributed by atoms with Crippen molar-refractivity contribution in [1.29, 1.82) is 0 Å². The second kappa shape index (κ2) is 6.61. The Morgan fingerprint density at radius 3 is 3.00 bits per heavy atom.